The summed E-state index contributed by atoms with van der Waals surface area (Å²) in [6.07, 6.45) is 7.30. The van der Waals surface area contributed by atoms with Gasteiger partial charge < -0.3 is 15.3 Å². The molecule has 0 amide bonds. The zero-order valence-corrected chi connectivity index (χ0v) is 15.0. The van der Waals surface area contributed by atoms with Crippen LogP contribution in [0.1, 0.15) is 19.3 Å². The Morgan fingerprint density at radius 2 is 1.96 bits per heavy atom. The summed E-state index contributed by atoms with van der Waals surface area (Å²) in [5.74, 6) is 1.08. The summed E-state index contributed by atoms with van der Waals surface area (Å²) >= 11 is 0. The molecule has 1 aromatic carbocycles. The monoisotopic (exact) mass is 362 g/mol. The van der Waals surface area contributed by atoms with E-state index in [4.69, 9.17) is 0 Å². The highest BCUT2D eigenvalue weighted by atomic mass is 16.3. The third-order valence-corrected chi connectivity index (χ3v) is 5.32. The lowest BCUT2D eigenvalue weighted by Gasteiger charge is -2.17. The van der Waals surface area contributed by atoms with Gasteiger partial charge in [0.15, 0.2) is 5.82 Å². The largest absolute Gasteiger partial charge is 0.507 e. The third-order valence-electron chi connectivity index (χ3n) is 5.32. The maximum Gasteiger partial charge on any atom is 0.151 e. The molecule has 27 heavy (non-hydrogen) atoms. The first-order valence-corrected chi connectivity index (χ1v) is 9.43. The molecule has 2 aliphatic rings. The van der Waals surface area contributed by atoms with Gasteiger partial charge in [-0.3, -0.25) is 5.10 Å². The molecule has 3 aromatic rings. The van der Waals surface area contributed by atoms with Crippen molar-refractivity contribution in [3.8, 4) is 28.1 Å². The fourth-order valence-corrected chi connectivity index (χ4v) is 3.66. The van der Waals surface area contributed by atoms with E-state index >= 15 is 0 Å². The highest BCUT2D eigenvalue weighted by Crippen LogP contribution is 2.32. The van der Waals surface area contributed by atoms with Gasteiger partial charge in [-0.25, -0.2) is 0 Å². The van der Waals surface area contributed by atoms with E-state index in [1.165, 1.54) is 12.8 Å². The van der Waals surface area contributed by atoms with E-state index in [1.54, 1.807) is 18.5 Å². The van der Waals surface area contributed by atoms with Gasteiger partial charge in [-0.2, -0.15) is 5.10 Å². The van der Waals surface area contributed by atoms with Gasteiger partial charge in [0.05, 0.1) is 11.9 Å². The van der Waals surface area contributed by atoms with E-state index in [1.807, 2.05) is 24.3 Å². The van der Waals surface area contributed by atoms with E-state index in [9.17, 15) is 5.11 Å². The Labute approximate surface area is 157 Å². The van der Waals surface area contributed by atoms with Crippen LogP contribution in [0.4, 0.5) is 5.82 Å². The van der Waals surface area contributed by atoms with Crippen LogP contribution in [-0.4, -0.2) is 50.7 Å². The highest BCUT2D eigenvalue weighted by molar-refractivity contribution is 5.73. The Bertz CT molecular complexity index is 920. The number of nitrogens with zero attached hydrogens (tertiary/aromatic N) is 4. The smallest absolute Gasteiger partial charge is 0.151 e. The van der Waals surface area contributed by atoms with Crippen molar-refractivity contribution < 1.29 is 5.11 Å². The molecule has 1 saturated carbocycles. The van der Waals surface area contributed by atoms with Crippen LogP contribution >= 0.6 is 0 Å². The predicted molar refractivity (Wildman–Crippen MR) is 103 cm³/mol. The Kier molecular flexibility index (Phi) is 4.01. The molecule has 7 heteroatoms. The number of aromatic amines is 1. The van der Waals surface area contributed by atoms with E-state index in [2.05, 4.69) is 30.6 Å². The molecule has 0 radical (unpaired) electrons. The molecule has 1 aliphatic carbocycles. The summed E-state index contributed by atoms with van der Waals surface area (Å²) in [7, 11) is 0. The molecule has 1 saturated heterocycles. The second-order valence-corrected chi connectivity index (χ2v) is 7.37. The van der Waals surface area contributed by atoms with Crippen LogP contribution in [0.25, 0.3) is 22.4 Å². The molecule has 3 N–H and O–H groups in total. The standard InChI is InChI=1S/C20H22N6O/c27-19-9-13(14-10-21-22-11-14)1-4-17(19)18-5-6-20(25-24-18)26-8-7-16(12-26)23-15-2-3-15/h1,4-6,9-11,15-16,23,27H,2-3,7-8,12H2,(H,21,22). The van der Waals surface area contributed by atoms with Gasteiger partial charge in [0.2, 0.25) is 0 Å². The SMILES string of the molecule is Oc1cc(-c2cn[nH]c2)ccc1-c1ccc(N2CCC(NC3CC3)C2)nn1. The fraction of sp³-hybridized carbons (Fsp3) is 0.350. The predicted octanol–water partition coefficient (Wildman–Crippen LogP) is 2.57. The number of phenolic OH excluding ortho intramolecular Hbond substituents is 1. The van der Waals surface area contributed by atoms with Gasteiger partial charge >= 0.3 is 0 Å². The number of hydrogen-bond acceptors (Lipinski definition) is 6. The molecule has 1 atom stereocenters. The van der Waals surface area contributed by atoms with Gasteiger partial charge in [-0.15, -0.1) is 10.2 Å². The summed E-state index contributed by atoms with van der Waals surface area (Å²) in [6.45, 7) is 1.98. The Morgan fingerprint density at radius 3 is 2.67 bits per heavy atom. The summed E-state index contributed by atoms with van der Waals surface area (Å²) in [4.78, 5) is 2.28. The maximum absolute atomic E-state index is 10.4. The normalized spacial score (nSPS) is 19.6. The van der Waals surface area contributed by atoms with Crippen LogP contribution in [0.15, 0.2) is 42.7 Å². The minimum Gasteiger partial charge on any atom is -0.507 e. The number of aromatic hydroxyl groups is 1. The molecule has 5 rings (SSSR count). The zero-order valence-electron chi connectivity index (χ0n) is 15.0. The van der Waals surface area contributed by atoms with Gasteiger partial charge in [-0.1, -0.05) is 6.07 Å². The first kappa shape index (κ1) is 16.3. The minimum atomic E-state index is 0.186. The number of rotatable bonds is 5. The van der Waals surface area contributed by atoms with Crippen LogP contribution in [0.2, 0.25) is 0 Å². The molecule has 0 spiro atoms. The number of anilines is 1. The number of H-pyrrole nitrogens is 1. The summed E-state index contributed by atoms with van der Waals surface area (Å²) in [5.41, 5.74) is 3.18. The van der Waals surface area contributed by atoms with E-state index < -0.39 is 0 Å². The van der Waals surface area contributed by atoms with Crippen LogP contribution < -0.4 is 10.2 Å². The van der Waals surface area contributed by atoms with E-state index in [0.717, 1.165) is 42.5 Å². The van der Waals surface area contributed by atoms with Crippen molar-refractivity contribution >= 4 is 5.82 Å². The molecule has 138 valence electrons. The summed E-state index contributed by atoms with van der Waals surface area (Å²) in [5, 5.41) is 29.6. The lowest BCUT2D eigenvalue weighted by Crippen LogP contribution is -2.34. The lowest BCUT2D eigenvalue weighted by atomic mass is 10.0. The van der Waals surface area contributed by atoms with Crippen molar-refractivity contribution in [2.45, 2.75) is 31.3 Å². The van der Waals surface area contributed by atoms with Crippen molar-refractivity contribution in [2.24, 2.45) is 0 Å². The number of aromatic nitrogens is 4. The van der Waals surface area contributed by atoms with Crippen molar-refractivity contribution in [1.82, 2.24) is 25.7 Å². The van der Waals surface area contributed by atoms with Gasteiger partial charge in [0.1, 0.15) is 5.75 Å². The van der Waals surface area contributed by atoms with Crippen molar-refractivity contribution in [3.63, 3.8) is 0 Å². The first-order chi connectivity index (χ1) is 13.3. The molecule has 0 bridgehead atoms. The Hall–Kier alpha value is -2.93. The fourth-order valence-electron chi connectivity index (χ4n) is 3.66. The highest BCUT2D eigenvalue weighted by Gasteiger charge is 2.29. The topological polar surface area (TPSA) is 90.0 Å². The van der Waals surface area contributed by atoms with Gasteiger partial charge in [0, 0.05) is 42.5 Å². The van der Waals surface area contributed by atoms with Crippen LogP contribution in [-0.2, 0) is 0 Å². The number of phenols is 1. The number of nitrogens with one attached hydrogen (secondary N) is 2. The van der Waals surface area contributed by atoms with Crippen molar-refractivity contribution in [1.29, 1.82) is 0 Å². The molecule has 1 aliphatic heterocycles. The number of hydrogen-bond donors (Lipinski definition) is 3. The van der Waals surface area contributed by atoms with Crippen LogP contribution in [0.5, 0.6) is 5.75 Å². The van der Waals surface area contributed by atoms with Gasteiger partial charge in [0.25, 0.3) is 0 Å². The van der Waals surface area contributed by atoms with Crippen LogP contribution in [0, 0.1) is 0 Å². The summed E-state index contributed by atoms with van der Waals surface area (Å²) in [6, 6.07) is 10.7. The summed E-state index contributed by atoms with van der Waals surface area (Å²) < 4.78 is 0. The van der Waals surface area contributed by atoms with Gasteiger partial charge in [-0.05, 0) is 49.1 Å². The lowest BCUT2D eigenvalue weighted by molar-refractivity contribution is 0.477. The average molecular weight is 362 g/mol. The molecule has 1 unspecified atom stereocenters. The molecule has 3 heterocycles. The molecule has 7 nitrogen and oxygen atoms in total. The minimum absolute atomic E-state index is 0.186. The molecular weight excluding hydrogens is 340 g/mol. The first-order valence-electron chi connectivity index (χ1n) is 9.43. The zero-order chi connectivity index (χ0) is 18.2. The third kappa shape index (κ3) is 3.38. The van der Waals surface area contributed by atoms with E-state index in [0.29, 0.717) is 17.3 Å². The Morgan fingerprint density at radius 1 is 1.04 bits per heavy atom. The quantitative estimate of drug-likeness (QED) is 0.646. The maximum atomic E-state index is 10.4. The average Bonchev–Trinajstić information content (AvgIpc) is 3.15. The number of benzene rings is 1. The molecule has 2 fully saturated rings. The second kappa shape index (κ2) is 6.66. The van der Waals surface area contributed by atoms with Crippen molar-refractivity contribution in [2.75, 3.05) is 18.0 Å². The van der Waals surface area contributed by atoms with Crippen LogP contribution in [0.3, 0.4) is 0 Å². The Balaban J connectivity index is 1.31. The second-order valence-electron chi connectivity index (χ2n) is 7.37. The van der Waals surface area contributed by atoms with Crippen molar-refractivity contribution in [3.05, 3.63) is 42.7 Å². The molecular formula is C20H22N6O. The van der Waals surface area contributed by atoms with E-state index in [-0.39, 0.29) is 5.75 Å². The molecule has 2 aromatic heterocycles.